The summed E-state index contributed by atoms with van der Waals surface area (Å²) in [5.74, 6) is 1.10. The first-order valence-corrected chi connectivity index (χ1v) is 7.05. The minimum Gasteiger partial charge on any atom is -0.396 e. The number of H-pyrrole nitrogens is 1. The van der Waals surface area contributed by atoms with Gasteiger partial charge >= 0.3 is 0 Å². The summed E-state index contributed by atoms with van der Waals surface area (Å²) in [7, 11) is 0. The van der Waals surface area contributed by atoms with Crippen LogP contribution in [0.2, 0.25) is 0 Å². The van der Waals surface area contributed by atoms with E-state index < -0.39 is 0 Å². The van der Waals surface area contributed by atoms with E-state index in [1.165, 1.54) is 10.9 Å². The molecule has 0 saturated carbocycles. The van der Waals surface area contributed by atoms with E-state index in [2.05, 4.69) is 20.0 Å². The van der Waals surface area contributed by atoms with Crippen LogP contribution in [0.25, 0.3) is 5.78 Å². The Hall–Kier alpha value is -1.89. The largest absolute Gasteiger partial charge is 0.396 e. The molecule has 0 unspecified atom stereocenters. The first kappa shape index (κ1) is 13.1. The van der Waals surface area contributed by atoms with Gasteiger partial charge in [-0.05, 0) is 26.2 Å². The standard InChI is InChI=1S/C13H19N5O2/c1-9-10(5-8-19)11(20)18-12(14-9)15-13(16-18)17-6-3-2-4-7-17/h19H,2-8H2,1H3,(H,14,15,16). The minimum atomic E-state index is -0.169. The van der Waals surface area contributed by atoms with Crippen LogP contribution in [-0.2, 0) is 6.42 Å². The predicted octanol–water partition coefficient (Wildman–Crippen LogP) is 0.251. The lowest BCUT2D eigenvalue weighted by molar-refractivity contribution is 0.298. The molecule has 1 fully saturated rings. The summed E-state index contributed by atoms with van der Waals surface area (Å²) >= 11 is 0. The Bertz CT molecular complexity index is 669. The van der Waals surface area contributed by atoms with Crippen LogP contribution in [0.5, 0.6) is 0 Å². The Kier molecular flexibility index (Phi) is 3.43. The molecule has 1 saturated heterocycles. The van der Waals surface area contributed by atoms with E-state index >= 15 is 0 Å². The monoisotopic (exact) mass is 277 g/mol. The average Bonchev–Trinajstić information content (AvgIpc) is 2.88. The fraction of sp³-hybridized carbons (Fsp3) is 0.615. The lowest BCUT2D eigenvalue weighted by Crippen LogP contribution is -2.30. The lowest BCUT2D eigenvalue weighted by Gasteiger charge is -2.25. The molecule has 108 valence electrons. The van der Waals surface area contributed by atoms with Gasteiger partial charge in [0.2, 0.25) is 5.95 Å². The summed E-state index contributed by atoms with van der Waals surface area (Å²) < 4.78 is 1.38. The molecule has 20 heavy (non-hydrogen) atoms. The van der Waals surface area contributed by atoms with Gasteiger partial charge in [0.1, 0.15) is 0 Å². The molecular weight excluding hydrogens is 258 g/mol. The molecule has 3 heterocycles. The fourth-order valence-electron chi connectivity index (χ4n) is 2.69. The molecule has 2 aromatic heterocycles. The van der Waals surface area contributed by atoms with Crippen LogP contribution in [0.3, 0.4) is 0 Å². The van der Waals surface area contributed by atoms with Crippen molar-refractivity contribution in [2.75, 3.05) is 24.6 Å². The second-order valence-corrected chi connectivity index (χ2v) is 5.18. The molecule has 0 radical (unpaired) electrons. The van der Waals surface area contributed by atoms with Crippen LogP contribution in [0.15, 0.2) is 4.79 Å². The maximum absolute atomic E-state index is 12.4. The van der Waals surface area contributed by atoms with E-state index in [1.807, 2.05) is 0 Å². The van der Waals surface area contributed by atoms with Crippen molar-refractivity contribution < 1.29 is 5.11 Å². The smallest absolute Gasteiger partial charge is 0.277 e. The molecule has 0 aliphatic carbocycles. The number of rotatable bonds is 3. The minimum absolute atomic E-state index is 0.0586. The molecule has 7 nitrogen and oxygen atoms in total. The number of aromatic amines is 1. The maximum atomic E-state index is 12.4. The lowest BCUT2D eigenvalue weighted by atomic mass is 10.1. The number of anilines is 1. The zero-order valence-corrected chi connectivity index (χ0v) is 11.6. The molecule has 0 aromatic carbocycles. The average molecular weight is 277 g/mol. The third-order valence-electron chi connectivity index (χ3n) is 3.80. The fourth-order valence-corrected chi connectivity index (χ4v) is 2.69. The Morgan fingerprint density at radius 2 is 2.00 bits per heavy atom. The molecule has 2 aromatic rings. The van der Waals surface area contributed by atoms with Crippen molar-refractivity contribution in [3.8, 4) is 0 Å². The van der Waals surface area contributed by atoms with E-state index in [-0.39, 0.29) is 12.2 Å². The molecule has 1 aliphatic heterocycles. The van der Waals surface area contributed by atoms with Crippen molar-refractivity contribution in [3.63, 3.8) is 0 Å². The SMILES string of the molecule is Cc1nc2nc(N3CCCCC3)[nH]n2c(=O)c1CCO. The number of fused-ring (bicyclic) bond motifs is 1. The Morgan fingerprint density at radius 3 is 2.70 bits per heavy atom. The van der Waals surface area contributed by atoms with E-state index in [0.717, 1.165) is 25.9 Å². The summed E-state index contributed by atoms with van der Waals surface area (Å²) in [6.45, 7) is 3.63. The molecule has 0 spiro atoms. The van der Waals surface area contributed by atoms with Crippen molar-refractivity contribution in [2.24, 2.45) is 0 Å². The highest BCUT2D eigenvalue weighted by Crippen LogP contribution is 2.16. The summed E-state index contributed by atoms with van der Waals surface area (Å²) in [5, 5.41) is 12.1. The number of hydrogen-bond donors (Lipinski definition) is 2. The Balaban J connectivity index is 2.06. The number of aromatic nitrogens is 4. The number of nitrogens with zero attached hydrogens (tertiary/aromatic N) is 4. The van der Waals surface area contributed by atoms with Gasteiger partial charge in [0.25, 0.3) is 11.3 Å². The van der Waals surface area contributed by atoms with E-state index in [0.29, 0.717) is 29.4 Å². The topological polar surface area (TPSA) is 86.5 Å². The number of aliphatic hydroxyl groups is 1. The van der Waals surface area contributed by atoms with Crippen LogP contribution >= 0.6 is 0 Å². The van der Waals surface area contributed by atoms with Gasteiger partial charge in [0.05, 0.1) is 5.69 Å². The van der Waals surface area contributed by atoms with Gasteiger partial charge in [-0.1, -0.05) is 0 Å². The summed E-state index contributed by atoms with van der Waals surface area (Å²) in [5.41, 5.74) is 1.01. The molecular formula is C13H19N5O2. The highest BCUT2D eigenvalue weighted by atomic mass is 16.3. The van der Waals surface area contributed by atoms with Crippen molar-refractivity contribution in [3.05, 3.63) is 21.6 Å². The zero-order chi connectivity index (χ0) is 14.1. The number of hydrogen-bond acceptors (Lipinski definition) is 5. The quantitative estimate of drug-likeness (QED) is 0.840. The molecule has 7 heteroatoms. The van der Waals surface area contributed by atoms with E-state index in [1.54, 1.807) is 6.92 Å². The Labute approximate surface area is 116 Å². The second kappa shape index (κ2) is 5.24. The normalized spacial score (nSPS) is 16.0. The predicted molar refractivity (Wildman–Crippen MR) is 75.2 cm³/mol. The molecule has 0 bridgehead atoms. The van der Waals surface area contributed by atoms with Crippen molar-refractivity contribution >= 4 is 11.7 Å². The van der Waals surface area contributed by atoms with E-state index in [9.17, 15) is 4.79 Å². The first-order valence-electron chi connectivity index (χ1n) is 7.05. The van der Waals surface area contributed by atoms with Crippen LogP contribution in [-0.4, -0.2) is 44.4 Å². The highest BCUT2D eigenvalue weighted by molar-refractivity contribution is 5.41. The summed E-state index contributed by atoms with van der Waals surface area (Å²) in [6.07, 6.45) is 3.86. The van der Waals surface area contributed by atoms with Crippen LogP contribution < -0.4 is 10.5 Å². The van der Waals surface area contributed by atoms with Crippen LogP contribution in [0.1, 0.15) is 30.5 Å². The van der Waals surface area contributed by atoms with Gasteiger partial charge in [-0.15, -0.1) is 0 Å². The van der Waals surface area contributed by atoms with Gasteiger partial charge in [-0.3, -0.25) is 9.89 Å². The molecule has 0 amide bonds. The van der Waals surface area contributed by atoms with Gasteiger partial charge in [-0.25, -0.2) is 4.98 Å². The van der Waals surface area contributed by atoms with Gasteiger partial charge in [0, 0.05) is 31.7 Å². The van der Waals surface area contributed by atoms with Crippen LogP contribution in [0.4, 0.5) is 5.95 Å². The van der Waals surface area contributed by atoms with Crippen molar-refractivity contribution in [1.82, 2.24) is 19.6 Å². The number of aryl methyl sites for hydroxylation is 1. The van der Waals surface area contributed by atoms with Gasteiger partial charge in [0.15, 0.2) is 0 Å². The zero-order valence-electron chi connectivity index (χ0n) is 11.6. The third-order valence-corrected chi connectivity index (χ3v) is 3.80. The second-order valence-electron chi connectivity index (χ2n) is 5.18. The molecule has 0 atom stereocenters. The highest BCUT2D eigenvalue weighted by Gasteiger charge is 2.17. The molecule has 3 rings (SSSR count). The van der Waals surface area contributed by atoms with E-state index in [4.69, 9.17) is 5.11 Å². The summed E-state index contributed by atoms with van der Waals surface area (Å²) in [4.78, 5) is 23.3. The van der Waals surface area contributed by atoms with Gasteiger partial charge in [-0.2, -0.15) is 9.50 Å². The molecule has 2 N–H and O–H groups in total. The summed E-state index contributed by atoms with van der Waals surface area (Å²) in [6, 6.07) is 0. The maximum Gasteiger partial charge on any atom is 0.277 e. The number of aliphatic hydroxyl groups excluding tert-OH is 1. The number of nitrogens with one attached hydrogen (secondary N) is 1. The first-order chi connectivity index (χ1) is 9.70. The Morgan fingerprint density at radius 1 is 1.25 bits per heavy atom. The van der Waals surface area contributed by atoms with Crippen molar-refractivity contribution in [2.45, 2.75) is 32.6 Å². The van der Waals surface area contributed by atoms with Crippen molar-refractivity contribution in [1.29, 1.82) is 0 Å². The van der Waals surface area contributed by atoms with Crippen LogP contribution in [0, 0.1) is 6.92 Å². The third kappa shape index (κ3) is 2.18. The van der Waals surface area contributed by atoms with Gasteiger partial charge < -0.3 is 10.0 Å². The molecule has 1 aliphatic rings. The number of piperidine rings is 1.